The Hall–Kier alpha value is -1.55. The molecule has 21 heavy (non-hydrogen) atoms. The molecule has 0 bridgehead atoms. The summed E-state index contributed by atoms with van der Waals surface area (Å²) in [5.74, 6) is 0.982. The number of amides is 1. The maximum Gasteiger partial charge on any atom is 0.220 e. The van der Waals surface area contributed by atoms with Crippen LogP contribution in [0.1, 0.15) is 44.7 Å². The summed E-state index contributed by atoms with van der Waals surface area (Å²) in [7, 11) is 1.69. The molecule has 0 spiro atoms. The number of nitrogens with one attached hydrogen (secondary N) is 1. The average Bonchev–Trinajstić information content (AvgIpc) is 2.44. The monoisotopic (exact) mass is 292 g/mol. The van der Waals surface area contributed by atoms with E-state index >= 15 is 0 Å². The van der Waals surface area contributed by atoms with Gasteiger partial charge in [0.2, 0.25) is 5.91 Å². The van der Waals surface area contributed by atoms with E-state index in [4.69, 9.17) is 10.5 Å². The molecule has 4 heteroatoms. The Morgan fingerprint density at radius 1 is 1.33 bits per heavy atom. The highest BCUT2D eigenvalue weighted by Gasteiger charge is 2.19. The summed E-state index contributed by atoms with van der Waals surface area (Å²) in [4.78, 5) is 11.7. The van der Waals surface area contributed by atoms with Gasteiger partial charge in [-0.15, -0.1) is 0 Å². The van der Waals surface area contributed by atoms with Crippen LogP contribution in [0.15, 0.2) is 18.2 Å². The van der Waals surface area contributed by atoms with Gasteiger partial charge >= 0.3 is 0 Å². The van der Waals surface area contributed by atoms with Crippen LogP contribution in [-0.4, -0.2) is 26.1 Å². The first-order valence-corrected chi connectivity index (χ1v) is 7.52. The van der Waals surface area contributed by atoms with E-state index in [0.29, 0.717) is 19.5 Å². The molecule has 0 aliphatic rings. The predicted molar refractivity (Wildman–Crippen MR) is 86.7 cm³/mol. The van der Waals surface area contributed by atoms with E-state index in [1.54, 1.807) is 7.11 Å². The summed E-state index contributed by atoms with van der Waals surface area (Å²) in [6, 6.07) is 6.16. The van der Waals surface area contributed by atoms with Crippen molar-refractivity contribution in [1.29, 1.82) is 0 Å². The highest BCUT2D eigenvalue weighted by Crippen LogP contribution is 2.32. The molecular weight excluding hydrogens is 264 g/mol. The summed E-state index contributed by atoms with van der Waals surface area (Å²) in [6.45, 7) is 7.75. The molecule has 0 fully saturated rings. The van der Waals surface area contributed by atoms with Gasteiger partial charge in [0, 0.05) is 13.0 Å². The number of rotatable bonds is 7. The van der Waals surface area contributed by atoms with Crippen molar-refractivity contribution < 1.29 is 9.53 Å². The molecule has 1 amide bonds. The Morgan fingerprint density at radius 3 is 2.62 bits per heavy atom. The molecule has 0 saturated heterocycles. The van der Waals surface area contributed by atoms with Crippen LogP contribution in [0.2, 0.25) is 0 Å². The van der Waals surface area contributed by atoms with Crippen molar-refractivity contribution in [2.75, 3.05) is 20.2 Å². The predicted octanol–water partition coefficient (Wildman–Crippen LogP) is 2.39. The van der Waals surface area contributed by atoms with Crippen LogP contribution >= 0.6 is 0 Å². The fraction of sp³-hybridized carbons (Fsp3) is 0.588. The third-order valence-electron chi connectivity index (χ3n) is 3.42. The zero-order valence-corrected chi connectivity index (χ0v) is 13.7. The maximum absolute atomic E-state index is 11.7. The molecule has 1 rings (SSSR count). The van der Waals surface area contributed by atoms with E-state index < -0.39 is 0 Å². The van der Waals surface area contributed by atoms with Gasteiger partial charge < -0.3 is 15.8 Å². The quantitative estimate of drug-likeness (QED) is 0.758. The molecule has 3 N–H and O–H groups in total. The van der Waals surface area contributed by atoms with Gasteiger partial charge in [-0.2, -0.15) is 0 Å². The van der Waals surface area contributed by atoms with Crippen LogP contribution in [0.5, 0.6) is 5.75 Å². The minimum atomic E-state index is 0.0186. The summed E-state index contributed by atoms with van der Waals surface area (Å²) in [5.41, 5.74) is 7.75. The van der Waals surface area contributed by atoms with E-state index in [2.05, 4.69) is 32.2 Å². The fourth-order valence-corrected chi connectivity index (χ4v) is 2.17. The van der Waals surface area contributed by atoms with E-state index in [9.17, 15) is 4.79 Å². The van der Waals surface area contributed by atoms with Crippen molar-refractivity contribution in [1.82, 2.24) is 5.32 Å². The number of carbonyl (C=O) groups excluding carboxylic acids is 1. The zero-order chi connectivity index (χ0) is 15.9. The van der Waals surface area contributed by atoms with Crippen molar-refractivity contribution in [3.8, 4) is 5.75 Å². The average molecular weight is 292 g/mol. The number of hydrogen-bond acceptors (Lipinski definition) is 3. The second kappa shape index (κ2) is 8.03. The third-order valence-corrected chi connectivity index (χ3v) is 3.42. The van der Waals surface area contributed by atoms with Crippen molar-refractivity contribution in [3.05, 3.63) is 29.3 Å². The number of benzene rings is 1. The van der Waals surface area contributed by atoms with E-state index in [1.165, 1.54) is 5.56 Å². The Labute approximate surface area is 128 Å². The first kappa shape index (κ1) is 17.5. The zero-order valence-electron chi connectivity index (χ0n) is 13.7. The van der Waals surface area contributed by atoms with Crippen LogP contribution in [0.4, 0.5) is 0 Å². The van der Waals surface area contributed by atoms with E-state index in [-0.39, 0.29) is 11.3 Å². The van der Waals surface area contributed by atoms with Gasteiger partial charge in [0.15, 0.2) is 0 Å². The number of hydrogen-bond donors (Lipinski definition) is 2. The maximum atomic E-state index is 11.7. The molecule has 0 unspecified atom stereocenters. The van der Waals surface area contributed by atoms with Gasteiger partial charge in [0.05, 0.1) is 7.11 Å². The van der Waals surface area contributed by atoms with Crippen molar-refractivity contribution in [3.63, 3.8) is 0 Å². The third kappa shape index (κ3) is 5.76. The van der Waals surface area contributed by atoms with Crippen molar-refractivity contribution >= 4 is 5.91 Å². The lowest BCUT2D eigenvalue weighted by Crippen LogP contribution is -2.26. The molecule has 0 saturated carbocycles. The Balaban J connectivity index is 2.66. The lowest BCUT2D eigenvalue weighted by atomic mass is 9.85. The summed E-state index contributed by atoms with van der Waals surface area (Å²) in [5, 5.41) is 2.88. The summed E-state index contributed by atoms with van der Waals surface area (Å²) < 4.78 is 5.43. The molecule has 0 atom stereocenters. The topological polar surface area (TPSA) is 64.3 Å². The minimum absolute atomic E-state index is 0.0186. The van der Waals surface area contributed by atoms with Crippen LogP contribution in [-0.2, 0) is 16.6 Å². The fourth-order valence-electron chi connectivity index (χ4n) is 2.17. The molecule has 0 aromatic heterocycles. The second-order valence-electron chi connectivity index (χ2n) is 6.28. The Morgan fingerprint density at radius 2 is 2.05 bits per heavy atom. The highest BCUT2D eigenvalue weighted by atomic mass is 16.5. The molecule has 1 aromatic rings. The van der Waals surface area contributed by atoms with Crippen molar-refractivity contribution in [2.45, 2.75) is 45.4 Å². The van der Waals surface area contributed by atoms with E-state index in [0.717, 1.165) is 24.2 Å². The molecule has 4 nitrogen and oxygen atoms in total. The van der Waals surface area contributed by atoms with Gasteiger partial charge in [0.25, 0.3) is 0 Å². The second-order valence-corrected chi connectivity index (χ2v) is 6.28. The molecular formula is C17H28N2O2. The SMILES string of the molecule is COc1ccc(CCC(=O)NCCCN)cc1C(C)(C)C. The van der Waals surface area contributed by atoms with Gasteiger partial charge in [-0.25, -0.2) is 0 Å². The minimum Gasteiger partial charge on any atom is -0.496 e. The van der Waals surface area contributed by atoms with Crippen LogP contribution in [0.25, 0.3) is 0 Å². The van der Waals surface area contributed by atoms with E-state index in [1.807, 2.05) is 12.1 Å². The molecule has 0 heterocycles. The summed E-state index contributed by atoms with van der Waals surface area (Å²) >= 11 is 0. The number of methoxy groups -OCH3 is 1. The van der Waals surface area contributed by atoms with Crippen LogP contribution in [0.3, 0.4) is 0 Å². The first-order chi connectivity index (χ1) is 9.88. The Kier molecular flexibility index (Phi) is 6.69. The van der Waals surface area contributed by atoms with Crippen molar-refractivity contribution in [2.24, 2.45) is 5.73 Å². The smallest absolute Gasteiger partial charge is 0.220 e. The number of nitrogens with two attached hydrogens (primary N) is 1. The van der Waals surface area contributed by atoms with Gasteiger partial charge in [-0.3, -0.25) is 4.79 Å². The normalized spacial score (nSPS) is 11.3. The molecule has 0 aliphatic carbocycles. The van der Waals surface area contributed by atoms with Crippen LogP contribution in [0, 0.1) is 0 Å². The summed E-state index contributed by atoms with van der Waals surface area (Å²) in [6.07, 6.45) is 2.06. The lowest BCUT2D eigenvalue weighted by Gasteiger charge is -2.23. The van der Waals surface area contributed by atoms with Gasteiger partial charge in [-0.05, 0) is 42.0 Å². The number of ether oxygens (including phenoxy) is 1. The van der Waals surface area contributed by atoms with Gasteiger partial charge in [0.1, 0.15) is 5.75 Å². The molecule has 0 aliphatic heterocycles. The lowest BCUT2D eigenvalue weighted by molar-refractivity contribution is -0.121. The molecule has 1 aromatic carbocycles. The first-order valence-electron chi connectivity index (χ1n) is 7.52. The number of aryl methyl sites for hydroxylation is 1. The highest BCUT2D eigenvalue weighted by molar-refractivity contribution is 5.76. The van der Waals surface area contributed by atoms with Crippen LogP contribution < -0.4 is 15.8 Å². The largest absolute Gasteiger partial charge is 0.496 e. The molecule has 118 valence electrons. The standard InChI is InChI=1S/C17H28N2O2/c1-17(2,3)14-12-13(6-8-15(14)21-4)7-9-16(20)19-11-5-10-18/h6,8,12H,5,7,9-11,18H2,1-4H3,(H,19,20). The number of carbonyl (C=O) groups is 1. The van der Waals surface area contributed by atoms with Gasteiger partial charge in [-0.1, -0.05) is 32.9 Å². The molecule has 0 radical (unpaired) electrons. The Bertz CT molecular complexity index is 464.